The van der Waals surface area contributed by atoms with E-state index in [1.807, 2.05) is 18.2 Å². The molecule has 0 bridgehead atoms. The van der Waals surface area contributed by atoms with Gasteiger partial charge in [-0.3, -0.25) is 4.57 Å². The average molecular weight is 239 g/mol. The van der Waals surface area contributed by atoms with Gasteiger partial charge in [-0.25, -0.2) is 0 Å². The van der Waals surface area contributed by atoms with Crippen LogP contribution in [0.1, 0.15) is 0 Å². The summed E-state index contributed by atoms with van der Waals surface area (Å²) in [5.41, 5.74) is 7.36. The fourth-order valence-corrected chi connectivity index (χ4v) is 1.41. The third-order valence-electron chi connectivity index (χ3n) is 1.69. The maximum atomic E-state index is 5.78. The molecule has 4 nitrogen and oxygen atoms in total. The first-order valence-electron chi connectivity index (χ1n) is 3.67. The fraction of sp³-hybridized carbons (Fsp3) is 0. The molecule has 0 aliphatic heterocycles. The van der Waals surface area contributed by atoms with Gasteiger partial charge >= 0.3 is 0 Å². The molecule has 2 N–H and O–H groups in total. The van der Waals surface area contributed by atoms with E-state index in [4.69, 9.17) is 5.73 Å². The lowest BCUT2D eigenvalue weighted by Gasteiger charge is -2.05. The number of hydrogen-bond acceptors (Lipinski definition) is 3. The minimum Gasteiger partial charge on any atom is -0.397 e. The third-order valence-corrected chi connectivity index (χ3v) is 2.18. The van der Waals surface area contributed by atoms with E-state index in [9.17, 15) is 0 Å². The summed E-state index contributed by atoms with van der Waals surface area (Å²) in [6.07, 6.45) is 3.22. The molecule has 0 unspecified atom stereocenters. The van der Waals surface area contributed by atoms with E-state index in [1.54, 1.807) is 17.2 Å². The topological polar surface area (TPSA) is 56.7 Å². The molecule has 13 heavy (non-hydrogen) atoms. The van der Waals surface area contributed by atoms with Gasteiger partial charge in [0.2, 0.25) is 0 Å². The molecule has 0 aliphatic rings. The first kappa shape index (κ1) is 8.25. The number of aromatic nitrogens is 3. The summed E-state index contributed by atoms with van der Waals surface area (Å²) in [4.78, 5) is 0. The molecule has 1 aromatic heterocycles. The second-order valence-corrected chi connectivity index (χ2v) is 3.49. The van der Waals surface area contributed by atoms with Crippen molar-refractivity contribution < 1.29 is 0 Å². The summed E-state index contributed by atoms with van der Waals surface area (Å²) in [6, 6.07) is 5.64. The van der Waals surface area contributed by atoms with Crippen LogP contribution in [0.25, 0.3) is 5.69 Å². The van der Waals surface area contributed by atoms with Crippen molar-refractivity contribution in [3.05, 3.63) is 35.3 Å². The SMILES string of the molecule is Nc1ccc(Br)cc1-n1cnnc1. The lowest BCUT2D eigenvalue weighted by molar-refractivity contribution is 1.06. The Morgan fingerprint density at radius 1 is 1.23 bits per heavy atom. The van der Waals surface area contributed by atoms with Gasteiger partial charge in [0.1, 0.15) is 12.7 Å². The molecule has 1 heterocycles. The molecule has 0 radical (unpaired) electrons. The normalized spacial score (nSPS) is 10.2. The Bertz CT molecular complexity index is 410. The van der Waals surface area contributed by atoms with Crippen LogP contribution >= 0.6 is 15.9 Å². The molecular formula is C8H7BrN4. The van der Waals surface area contributed by atoms with Gasteiger partial charge in [0, 0.05) is 4.47 Å². The summed E-state index contributed by atoms with van der Waals surface area (Å²) in [7, 11) is 0. The third kappa shape index (κ3) is 1.55. The zero-order valence-electron chi connectivity index (χ0n) is 6.68. The Hall–Kier alpha value is -1.36. The summed E-state index contributed by atoms with van der Waals surface area (Å²) >= 11 is 3.37. The van der Waals surface area contributed by atoms with Crippen LogP contribution in [0.5, 0.6) is 0 Å². The van der Waals surface area contributed by atoms with Crippen LogP contribution in [0.3, 0.4) is 0 Å². The Balaban J connectivity index is 2.57. The van der Waals surface area contributed by atoms with Gasteiger partial charge in [-0.1, -0.05) is 15.9 Å². The predicted octanol–water partition coefficient (Wildman–Crippen LogP) is 1.61. The van der Waals surface area contributed by atoms with Crippen molar-refractivity contribution >= 4 is 21.6 Å². The lowest BCUT2D eigenvalue weighted by Crippen LogP contribution is -1.96. The number of rotatable bonds is 1. The van der Waals surface area contributed by atoms with Crippen LogP contribution < -0.4 is 5.73 Å². The summed E-state index contributed by atoms with van der Waals surface area (Å²) in [5.74, 6) is 0. The van der Waals surface area contributed by atoms with Gasteiger partial charge in [0.15, 0.2) is 0 Å². The van der Waals surface area contributed by atoms with Crippen LogP contribution in [0.15, 0.2) is 35.3 Å². The predicted molar refractivity (Wildman–Crippen MR) is 53.5 cm³/mol. The molecule has 0 fully saturated rings. The van der Waals surface area contributed by atoms with E-state index in [0.717, 1.165) is 10.2 Å². The van der Waals surface area contributed by atoms with Gasteiger partial charge < -0.3 is 5.73 Å². The molecule has 0 atom stereocenters. The highest BCUT2D eigenvalue weighted by Gasteiger charge is 2.01. The fourth-order valence-electron chi connectivity index (χ4n) is 1.07. The first-order valence-corrected chi connectivity index (χ1v) is 4.47. The molecule has 0 amide bonds. The second kappa shape index (κ2) is 3.18. The van der Waals surface area contributed by atoms with Crippen molar-refractivity contribution in [2.45, 2.75) is 0 Å². The lowest BCUT2D eigenvalue weighted by atomic mass is 10.3. The molecule has 5 heteroatoms. The van der Waals surface area contributed by atoms with Gasteiger partial charge in [-0.05, 0) is 18.2 Å². The van der Waals surface area contributed by atoms with Crippen LogP contribution in [-0.2, 0) is 0 Å². The number of nitrogens with two attached hydrogens (primary N) is 1. The van der Waals surface area contributed by atoms with Gasteiger partial charge in [-0.15, -0.1) is 10.2 Å². The van der Waals surface area contributed by atoms with E-state index >= 15 is 0 Å². The summed E-state index contributed by atoms with van der Waals surface area (Å²) < 4.78 is 2.74. The zero-order valence-corrected chi connectivity index (χ0v) is 8.27. The molecule has 2 rings (SSSR count). The Morgan fingerprint density at radius 3 is 2.62 bits per heavy atom. The van der Waals surface area contributed by atoms with Gasteiger partial charge in [0.05, 0.1) is 11.4 Å². The van der Waals surface area contributed by atoms with E-state index in [1.165, 1.54) is 0 Å². The standard InChI is InChI=1S/C8H7BrN4/c9-6-1-2-7(10)8(3-6)13-4-11-12-5-13/h1-5H,10H2. The summed E-state index contributed by atoms with van der Waals surface area (Å²) in [5, 5.41) is 7.42. The number of hydrogen-bond donors (Lipinski definition) is 1. The van der Waals surface area contributed by atoms with Crippen molar-refractivity contribution in [1.29, 1.82) is 0 Å². The van der Waals surface area contributed by atoms with Crippen LogP contribution in [0.2, 0.25) is 0 Å². The smallest absolute Gasteiger partial charge is 0.123 e. The molecular weight excluding hydrogens is 232 g/mol. The Kier molecular flexibility index (Phi) is 2.02. The molecule has 66 valence electrons. The highest BCUT2D eigenvalue weighted by Crippen LogP contribution is 2.21. The van der Waals surface area contributed by atoms with Crippen molar-refractivity contribution in [1.82, 2.24) is 14.8 Å². The number of nitrogens with zero attached hydrogens (tertiary/aromatic N) is 3. The van der Waals surface area contributed by atoms with Crippen molar-refractivity contribution in [2.24, 2.45) is 0 Å². The minimum absolute atomic E-state index is 0.697. The van der Waals surface area contributed by atoms with E-state index in [2.05, 4.69) is 26.1 Å². The van der Waals surface area contributed by atoms with Gasteiger partial charge in [-0.2, -0.15) is 0 Å². The molecule has 0 saturated heterocycles. The summed E-state index contributed by atoms with van der Waals surface area (Å²) in [6.45, 7) is 0. The highest BCUT2D eigenvalue weighted by molar-refractivity contribution is 9.10. The maximum Gasteiger partial charge on any atom is 0.123 e. The molecule has 1 aromatic carbocycles. The first-order chi connectivity index (χ1) is 6.27. The Labute approximate surface area is 83.5 Å². The van der Waals surface area contributed by atoms with E-state index in [-0.39, 0.29) is 0 Å². The molecule has 2 aromatic rings. The number of nitrogen functional groups attached to an aromatic ring is 1. The van der Waals surface area contributed by atoms with Crippen molar-refractivity contribution in [2.75, 3.05) is 5.73 Å². The molecule has 0 saturated carbocycles. The minimum atomic E-state index is 0.697. The van der Waals surface area contributed by atoms with Crippen LogP contribution in [0, 0.1) is 0 Å². The van der Waals surface area contributed by atoms with E-state index < -0.39 is 0 Å². The number of benzene rings is 1. The monoisotopic (exact) mass is 238 g/mol. The number of halogens is 1. The average Bonchev–Trinajstić information content (AvgIpc) is 2.61. The zero-order chi connectivity index (χ0) is 9.26. The maximum absolute atomic E-state index is 5.78. The van der Waals surface area contributed by atoms with Crippen molar-refractivity contribution in [3.63, 3.8) is 0 Å². The Morgan fingerprint density at radius 2 is 1.92 bits per heavy atom. The van der Waals surface area contributed by atoms with Gasteiger partial charge in [0.25, 0.3) is 0 Å². The molecule has 0 spiro atoms. The van der Waals surface area contributed by atoms with Crippen LogP contribution in [0.4, 0.5) is 5.69 Å². The second-order valence-electron chi connectivity index (χ2n) is 2.57. The molecule has 0 aliphatic carbocycles. The van der Waals surface area contributed by atoms with Crippen molar-refractivity contribution in [3.8, 4) is 5.69 Å². The largest absolute Gasteiger partial charge is 0.397 e. The van der Waals surface area contributed by atoms with Crippen LogP contribution in [-0.4, -0.2) is 14.8 Å². The quantitative estimate of drug-likeness (QED) is 0.769. The number of anilines is 1. The highest BCUT2D eigenvalue weighted by atomic mass is 79.9. The van der Waals surface area contributed by atoms with E-state index in [0.29, 0.717) is 5.69 Å².